The van der Waals surface area contributed by atoms with Crippen molar-refractivity contribution in [2.75, 3.05) is 31.1 Å². The molecule has 1 aromatic heterocycles. The molecule has 7 nitrogen and oxygen atoms in total. The van der Waals surface area contributed by atoms with Gasteiger partial charge in [-0.2, -0.15) is 0 Å². The quantitative estimate of drug-likeness (QED) is 0.763. The van der Waals surface area contributed by atoms with Crippen LogP contribution in [0.25, 0.3) is 0 Å². The van der Waals surface area contributed by atoms with E-state index in [4.69, 9.17) is 14.2 Å². The van der Waals surface area contributed by atoms with Gasteiger partial charge < -0.3 is 24.0 Å². The highest BCUT2D eigenvalue weighted by Crippen LogP contribution is 2.26. The van der Waals surface area contributed by atoms with Crippen molar-refractivity contribution in [3.05, 3.63) is 23.6 Å². The van der Waals surface area contributed by atoms with Gasteiger partial charge in [-0.25, -0.2) is 14.2 Å². The topological polar surface area (TPSA) is 64.1 Å². The van der Waals surface area contributed by atoms with E-state index in [1.807, 2.05) is 46.4 Å². The number of ether oxygens (including phenoxy) is 3. The Morgan fingerprint density at radius 3 is 2.66 bits per heavy atom. The molecule has 2 saturated heterocycles. The first-order chi connectivity index (χ1) is 13.4. The van der Waals surface area contributed by atoms with Gasteiger partial charge in [0.1, 0.15) is 5.60 Å². The smallest absolute Gasteiger partial charge is 0.410 e. The predicted molar refractivity (Wildman–Crippen MR) is 107 cm³/mol. The number of hydrogen-bond donors (Lipinski definition) is 0. The van der Waals surface area contributed by atoms with E-state index in [0.717, 1.165) is 5.56 Å². The van der Waals surface area contributed by atoms with Gasteiger partial charge in [0.2, 0.25) is 0 Å². The van der Waals surface area contributed by atoms with Crippen molar-refractivity contribution in [3.63, 3.8) is 0 Å². The number of rotatable bonds is 3. The van der Waals surface area contributed by atoms with Crippen LogP contribution in [0.15, 0.2) is 12.3 Å². The third-order valence-electron chi connectivity index (χ3n) is 4.96. The van der Waals surface area contributed by atoms with Crippen LogP contribution < -0.4 is 4.90 Å². The molecule has 0 radical (unpaired) electrons. The second kappa shape index (κ2) is 8.07. The Bertz CT molecular complexity index is 750. The van der Waals surface area contributed by atoms with Crippen molar-refractivity contribution in [1.29, 1.82) is 0 Å². The lowest BCUT2D eigenvalue weighted by molar-refractivity contribution is -0.138. The molecule has 1 amide bonds. The molecule has 162 valence electrons. The highest BCUT2D eigenvalue weighted by molar-refractivity contribution is 5.69. The summed E-state index contributed by atoms with van der Waals surface area (Å²) in [6.45, 7) is 13.1. The maximum absolute atomic E-state index is 14.8. The van der Waals surface area contributed by atoms with Crippen LogP contribution in [0.4, 0.5) is 15.0 Å². The van der Waals surface area contributed by atoms with Gasteiger partial charge in [-0.3, -0.25) is 0 Å². The molecule has 3 heterocycles. The Morgan fingerprint density at radius 2 is 2.10 bits per heavy atom. The molecule has 8 heteroatoms. The lowest BCUT2D eigenvalue weighted by atomic mass is 10.1. The lowest BCUT2D eigenvalue weighted by Gasteiger charge is -2.40. The average molecular weight is 410 g/mol. The van der Waals surface area contributed by atoms with Crippen LogP contribution in [0, 0.1) is 5.82 Å². The number of anilines is 1. The van der Waals surface area contributed by atoms with Crippen molar-refractivity contribution in [1.82, 2.24) is 9.88 Å². The number of hydrogen-bond acceptors (Lipinski definition) is 6. The number of carbonyl (C=O) groups is 1. The summed E-state index contributed by atoms with van der Waals surface area (Å²) >= 11 is 0. The third kappa shape index (κ3) is 5.57. The minimum Gasteiger partial charge on any atom is -0.444 e. The Hall–Kier alpha value is -1.93. The monoisotopic (exact) mass is 409 g/mol. The summed E-state index contributed by atoms with van der Waals surface area (Å²) in [5.41, 5.74) is 0.235. The molecule has 2 fully saturated rings. The maximum atomic E-state index is 14.8. The molecule has 29 heavy (non-hydrogen) atoms. The summed E-state index contributed by atoms with van der Waals surface area (Å²) in [5, 5.41) is 0. The minimum atomic E-state index is -0.597. The molecule has 0 aromatic carbocycles. The van der Waals surface area contributed by atoms with Gasteiger partial charge in [0.05, 0.1) is 12.7 Å². The fraction of sp³-hybridized carbons (Fsp3) is 0.714. The van der Waals surface area contributed by atoms with Crippen molar-refractivity contribution >= 4 is 11.9 Å². The summed E-state index contributed by atoms with van der Waals surface area (Å²) < 4.78 is 31.6. The van der Waals surface area contributed by atoms with E-state index in [9.17, 15) is 9.18 Å². The number of amides is 1. The second-order valence-corrected chi connectivity index (χ2v) is 9.27. The zero-order chi connectivity index (χ0) is 21.4. The molecule has 2 aliphatic rings. The highest BCUT2D eigenvalue weighted by atomic mass is 19.1. The molecule has 2 atom stereocenters. The number of piperazine rings is 1. The Labute approximate surface area is 172 Å². The maximum Gasteiger partial charge on any atom is 0.410 e. The molecular weight excluding hydrogens is 377 g/mol. The zero-order valence-electron chi connectivity index (χ0n) is 18.2. The molecule has 1 aromatic rings. The van der Waals surface area contributed by atoms with E-state index in [2.05, 4.69) is 4.98 Å². The van der Waals surface area contributed by atoms with Gasteiger partial charge in [-0.05, 0) is 53.2 Å². The summed E-state index contributed by atoms with van der Waals surface area (Å²) in [7, 11) is 0. The van der Waals surface area contributed by atoms with Gasteiger partial charge in [0.25, 0.3) is 0 Å². The van der Waals surface area contributed by atoms with E-state index < -0.39 is 11.4 Å². The van der Waals surface area contributed by atoms with E-state index >= 15 is 0 Å². The predicted octanol–water partition coefficient (Wildman–Crippen LogP) is 3.36. The molecule has 2 aliphatic heterocycles. The number of carbonyl (C=O) groups excluding carboxylic acids is 1. The molecule has 3 rings (SSSR count). The average Bonchev–Trinajstić information content (AvgIpc) is 2.91. The third-order valence-corrected chi connectivity index (χ3v) is 4.96. The Kier molecular flexibility index (Phi) is 6.06. The fourth-order valence-electron chi connectivity index (χ4n) is 3.68. The zero-order valence-corrected chi connectivity index (χ0v) is 18.2. The van der Waals surface area contributed by atoms with Crippen molar-refractivity contribution < 1.29 is 23.4 Å². The molecule has 0 bridgehead atoms. The molecule has 0 saturated carbocycles. The summed E-state index contributed by atoms with van der Waals surface area (Å²) in [6.07, 6.45) is 1.80. The number of nitrogens with zero attached hydrogens (tertiary/aromatic N) is 3. The van der Waals surface area contributed by atoms with Crippen molar-refractivity contribution in [2.24, 2.45) is 0 Å². The first-order valence-corrected chi connectivity index (χ1v) is 10.1. The van der Waals surface area contributed by atoms with Crippen LogP contribution in [0.1, 0.15) is 47.1 Å². The number of pyridine rings is 1. The van der Waals surface area contributed by atoms with Crippen LogP contribution in [0.3, 0.4) is 0 Å². The van der Waals surface area contributed by atoms with E-state index in [-0.39, 0.29) is 24.1 Å². The van der Waals surface area contributed by atoms with Gasteiger partial charge in [0.15, 0.2) is 17.4 Å². The van der Waals surface area contributed by atoms with Crippen LogP contribution in [-0.2, 0) is 20.6 Å². The molecule has 0 aliphatic carbocycles. The molecule has 1 unspecified atom stereocenters. The van der Waals surface area contributed by atoms with Crippen LogP contribution >= 0.6 is 0 Å². The van der Waals surface area contributed by atoms with E-state index in [0.29, 0.717) is 38.5 Å². The number of aromatic nitrogens is 1. The van der Waals surface area contributed by atoms with Crippen molar-refractivity contribution in [3.8, 4) is 0 Å². The van der Waals surface area contributed by atoms with Gasteiger partial charge in [0, 0.05) is 38.3 Å². The molecular formula is C21H32FN3O4. The Morgan fingerprint density at radius 1 is 1.38 bits per heavy atom. The minimum absolute atomic E-state index is 0.102. The molecule has 0 spiro atoms. The normalized spacial score (nSPS) is 24.7. The molecule has 0 N–H and O–H groups in total. The highest BCUT2D eigenvalue weighted by Gasteiger charge is 2.34. The van der Waals surface area contributed by atoms with Crippen LogP contribution in [0.2, 0.25) is 0 Å². The van der Waals surface area contributed by atoms with Gasteiger partial charge >= 0.3 is 6.09 Å². The van der Waals surface area contributed by atoms with Gasteiger partial charge in [-0.1, -0.05) is 0 Å². The first-order valence-electron chi connectivity index (χ1n) is 10.1. The standard InChI is InChI=1S/C21H32FN3O4/c1-14-12-24(7-8-25(14)19(26)29-20(2,3)4)18-17(22)10-15(11-23-18)9-16-13-27-21(5,6)28-16/h10-11,14,16H,7-9,12-13H2,1-6H3/t14?,16-/m1/s1. The summed E-state index contributed by atoms with van der Waals surface area (Å²) in [6, 6.07) is 1.41. The van der Waals surface area contributed by atoms with Crippen molar-refractivity contribution in [2.45, 2.75) is 71.5 Å². The first kappa shape index (κ1) is 21.8. The summed E-state index contributed by atoms with van der Waals surface area (Å²) in [4.78, 5) is 20.3. The van der Waals surface area contributed by atoms with Crippen LogP contribution in [0.5, 0.6) is 0 Å². The number of halogens is 1. The largest absolute Gasteiger partial charge is 0.444 e. The lowest BCUT2D eigenvalue weighted by Crippen LogP contribution is -2.55. The summed E-state index contributed by atoms with van der Waals surface area (Å²) in [5.74, 6) is -0.646. The van der Waals surface area contributed by atoms with E-state index in [1.54, 1.807) is 11.1 Å². The fourth-order valence-corrected chi connectivity index (χ4v) is 3.68. The SMILES string of the molecule is CC1CN(c2ncc(C[C@@H]3COC(C)(C)O3)cc2F)CCN1C(=O)OC(C)(C)C. The Balaban J connectivity index is 1.61. The van der Waals surface area contributed by atoms with Crippen LogP contribution in [-0.4, -0.2) is 65.8 Å². The van der Waals surface area contributed by atoms with Gasteiger partial charge in [-0.15, -0.1) is 0 Å². The van der Waals surface area contributed by atoms with E-state index in [1.165, 1.54) is 6.07 Å². The second-order valence-electron chi connectivity index (χ2n) is 9.27.